The van der Waals surface area contributed by atoms with Gasteiger partial charge in [0.15, 0.2) is 0 Å². The summed E-state index contributed by atoms with van der Waals surface area (Å²) in [6.45, 7) is 0. The van der Waals surface area contributed by atoms with Crippen molar-refractivity contribution in [3.8, 4) is 0 Å². The molecule has 0 aromatic heterocycles. The Bertz CT molecular complexity index is 8.00. The van der Waals surface area contributed by atoms with Gasteiger partial charge < -0.3 is 0 Å². The Labute approximate surface area is 71.0 Å². The zero-order chi connectivity index (χ0) is 2.71. The van der Waals surface area contributed by atoms with Gasteiger partial charge in [-0.25, -0.2) is 0 Å². The molecule has 0 aliphatic carbocycles. The Morgan fingerprint density at radius 1 is 1.75 bits per heavy atom. The molecule has 4 heavy (non-hydrogen) atoms. The predicted molar refractivity (Wildman–Crippen MR) is 31.4 cm³/mol. The quantitative estimate of drug-likeness (QED) is 0.284. The monoisotopic (exact) mass is 546 g/mol. The summed E-state index contributed by atoms with van der Waals surface area (Å²) in [4.78, 5) is 0. The molecule has 0 N–H and O–H groups in total. The van der Waals surface area contributed by atoms with Crippen LogP contribution in [0.2, 0.25) is 0 Å². The maximum atomic E-state index is 2.65. The van der Waals surface area contributed by atoms with Gasteiger partial charge in [-0.1, -0.05) is 0 Å². The fourth-order valence-corrected chi connectivity index (χ4v) is 0. The van der Waals surface area contributed by atoms with Crippen LogP contribution in [0.5, 0.6) is 0 Å². The molecule has 0 radical (unpaired) electrons. The van der Waals surface area contributed by atoms with Crippen LogP contribution in [0.15, 0.2) is 0 Å². The van der Waals surface area contributed by atoms with Gasteiger partial charge in [-0.3, -0.25) is 0 Å². The number of hydrogen-bond donors (Lipinski definition) is 0. The van der Waals surface area contributed by atoms with E-state index in [4.69, 9.17) is 0 Å². The Morgan fingerprint density at radius 3 is 1.75 bits per heavy atom. The maximum absolute atomic E-state index is 2.65. The molecule has 0 fully saturated rings. The molecule has 0 bridgehead atoms. The third kappa shape index (κ3) is 8.89. The molecule has 0 aliphatic rings. The van der Waals surface area contributed by atoms with Gasteiger partial charge in [-0.15, -0.1) is 0 Å². The molecule has 0 saturated heterocycles. The molecule has 0 unspecified atom stereocenters. The van der Waals surface area contributed by atoms with Crippen molar-refractivity contribution in [1.82, 2.24) is 0 Å². The first-order valence-corrected chi connectivity index (χ1v) is 17.0. The molecule has 0 heterocycles. The first kappa shape index (κ1) is 10.1. The normalized spacial score (nSPS) is 4.50. The topological polar surface area (TPSA) is 0 Å². The standard InChI is InChI=1S/Bi.Sb.H2SeTe.5H/c;;1-2;;;;;/h;;1-2H;;;;;/q;+1;;;;;;/p-1. The van der Waals surface area contributed by atoms with Gasteiger partial charge in [0.05, 0.1) is 0 Å². The third-order valence-electron chi connectivity index (χ3n) is 0. The summed E-state index contributed by atoms with van der Waals surface area (Å²) in [6, 6.07) is 0. The van der Waals surface area contributed by atoms with E-state index in [2.05, 4.69) is 12.8 Å². The molecule has 0 aliphatic heterocycles. The van der Waals surface area contributed by atoms with Crippen LogP contribution in [0.4, 0.5) is 0 Å². The average molecular weight is 543 g/mol. The molecule has 0 aromatic carbocycles. The minimum atomic E-state index is 0. The van der Waals surface area contributed by atoms with Crippen LogP contribution in [0.25, 0.3) is 0 Å². The van der Waals surface area contributed by atoms with E-state index in [-0.39, 0.29) is 26.2 Å². The molecular formula is H6BiSbSeTe. The summed E-state index contributed by atoms with van der Waals surface area (Å²) < 4.78 is 0. The zero-order valence-electron chi connectivity index (χ0n) is 2.14. The SMILES string of the molecule is [BiH3].[SeH][Te][SbH2]. The van der Waals surface area contributed by atoms with E-state index in [0.29, 0.717) is 14.6 Å². The van der Waals surface area contributed by atoms with Crippen LogP contribution in [-0.2, 0) is 0 Å². The van der Waals surface area contributed by atoms with Crippen LogP contribution in [-0.4, -0.2) is 72.7 Å². The van der Waals surface area contributed by atoms with Gasteiger partial charge in [0.2, 0.25) is 0 Å². The second-order valence-electron chi connectivity index (χ2n) is 0.105. The Morgan fingerprint density at radius 2 is 1.75 bits per heavy atom. The average Bonchev–Trinajstić information content (AvgIpc) is 0.918. The molecule has 0 aromatic rings. The second kappa shape index (κ2) is 9.38. The summed E-state index contributed by atoms with van der Waals surface area (Å²) in [5.41, 5.74) is 0. The molecule has 28 valence electrons. The van der Waals surface area contributed by atoms with E-state index in [1.165, 1.54) is 19.1 Å². The van der Waals surface area contributed by atoms with E-state index < -0.39 is 0 Å². The first-order chi connectivity index (χ1) is 1.41. The molecule has 0 atom stereocenters. The Balaban J connectivity index is 0. The van der Waals surface area contributed by atoms with Crippen molar-refractivity contribution < 1.29 is 0 Å². The fourth-order valence-electron chi connectivity index (χ4n) is 0. The van der Waals surface area contributed by atoms with E-state index >= 15 is 0 Å². The first-order valence-electron chi connectivity index (χ1n) is 0.418. The van der Waals surface area contributed by atoms with Gasteiger partial charge in [-0.05, 0) is 0 Å². The van der Waals surface area contributed by atoms with Crippen LogP contribution >= 0.6 is 0 Å². The van der Waals surface area contributed by atoms with Crippen molar-refractivity contribution in [2.24, 2.45) is 0 Å². The van der Waals surface area contributed by atoms with E-state index in [1.807, 2.05) is 0 Å². The number of rotatable bonds is 0. The van der Waals surface area contributed by atoms with Crippen molar-refractivity contribution in [1.29, 1.82) is 0 Å². The van der Waals surface area contributed by atoms with Gasteiger partial charge in [0.1, 0.15) is 0 Å². The van der Waals surface area contributed by atoms with Crippen molar-refractivity contribution in [2.45, 2.75) is 0 Å². The zero-order valence-corrected chi connectivity index (χ0v) is 15.1. The molecule has 0 rings (SSSR count). The summed E-state index contributed by atoms with van der Waals surface area (Å²) in [5.74, 6) is 0. The van der Waals surface area contributed by atoms with E-state index in [9.17, 15) is 0 Å². The molecule has 4 heteroatoms. The van der Waals surface area contributed by atoms with Crippen molar-refractivity contribution in [2.75, 3.05) is 0 Å². The third-order valence-corrected chi connectivity index (χ3v) is 0. The van der Waals surface area contributed by atoms with Crippen molar-refractivity contribution in [3.05, 3.63) is 0 Å². The summed E-state index contributed by atoms with van der Waals surface area (Å²) in [5, 5.41) is 0. The molecule has 0 spiro atoms. The molecular weight excluding hydrogens is 537 g/mol. The molecule has 0 nitrogen and oxygen atoms in total. The van der Waals surface area contributed by atoms with Crippen LogP contribution in [0, 0.1) is 0 Å². The number of hydrogen-bond acceptors (Lipinski definition) is 0. The fraction of sp³-hybridized carbons (Fsp3) is 0. The van der Waals surface area contributed by atoms with E-state index in [0.717, 1.165) is 0 Å². The van der Waals surface area contributed by atoms with Gasteiger partial charge in [-0.2, -0.15) is 0 Å². The van der Waals surface area contributed by atoms with Gasteiger partial charge in [0, 0.05) is 0 Å². The van der Waals surface area contributed by atoms with E-state index in [1.54, 1.807) is 0 Å². The van der Waals surface area contributed by atoms with Crippen molar-refractivity contribution >= 4 is 72.7 Å². The van der Waals surface area contributed by atoms with Gasteiger partial charge >= 0.3 is 72.7 Å². The summed E-state index contributed by atoms with van der Waals surface area (Å²) >= 11 is 4.71. The van der Waals surface area contributed by atoms with Crippen molar-refractivity contribution in [3.63, 3.8) is 0 Å². The summed E-state index contributed by atoms with van der Waals surface area (Å²) in [7, 11) is 0. The Hall–Kier alpha value is 3.01. The summed E-state index contributed by atoms with van der Waals surface area (Å²) in [6.07, 6.45) is 0. The van der Waals surface area contributed by atoms with Crippen LogP contribution < -0.4 is 0 Å². The van der Waals surface area contributed by atoms with Gasteiger partial charge in [0.25, 0.3) is 0 Å². The second-order valence-corrected chi connectivity index (χ2v) is 24.6. The predicted octanol–water partition coefficient (Wildman–Crippen LogP) is -3.13. The minimum absolute atomic E-state index is 0. The molecule has 0 amide bonds. The molecule has 0 saturated carbocycles. The van der Waals surface area contributed by atoms with Crippen LogP contribution in [0.3, 0.4) is 0 Å². The Kier molecular flexibility index (Phi) is 23.7. The van der Waals surface area contributed by atoms with Crippen LogP contribution in [0.1, 0.15) is 0 Å².